The molecule has 1 amide bonds. The minimum Gasteiger partial charge on any atom is -0.382 e. The standard InChI is InChI=1S/C12H17N3O/c1-2-10(12(13)16)15-8-7-14-9-5-3-4-6-11(9)15/h3-6,10,14H,2,7-8H2,1H3,(H2,13,16). The normalized spacial score (nSPS) is 16.2. The average molecular weight is 219 g/mol. The van der Waals surface area contributed by atoms with Gasteiger partial charge >= 0.3 is 0 Å². The van der Waals surface area contributed by atoms with Crippen LogP contribution in [0.25, 0.3) is 0 Å². The van der Waals surface area contributed by atoms with E-state index in [1.165, 1.54) is 0 Å². The van der Waals surface area contributed by atoms with Crippen molar-refractivity contribution in [2.24, 2.45) is 5.73 Å². The van der Waals surface area contributed by atoms with Crippen molar-refractivity contribution in [1.82, 2.24) is 0 Å². The molecule has 0 aromatic heterocycles. The maximum absolute atomic E-state index is 11.4. The summed E-state index contributed by atoms with van der Waals surface area (Å²) in [6.07, 6.45) is 0.740. The van der Waals surface area contributed by atoms with Crippen LogP contribution in [0.15, 0.2) is 24.3 Å². The summed E-state index contributed by atoms with van der Waals surface area (Å²) >= 11 is 0. The van der Waals surface area contributed by atoms with Gasteiger partial charge in [-0.3, -0.25) is 4.79 Å². The topological polar surface area (TPSA) is 58.4 Å². The Morgan fingerprint density at radius 2 is 2.31 bits per heavy atom. The van der Waals surface area contributed by atoms with Gasteiger partial charge in [-0.15, -0.1) is 0 Å². The van der Waals surface area contributed by atoms with Gasteiger partial charge in [0.25, 0.3) is 0 Å². The van der Waals surface area contributed by atoms with E-state index in [0.29, 0.717) is 0 Å². The van der Waals surface area contributed by atoms with E-state index < -0.39 is 0 Å². The quantitative estimate of drug-likeness (QED) is 0.802. The van der Waals surface area contributed by atoms with Gasteiger partial charge in [0.2, 0.25) is 5.91 Å². The molecule has 86 valence electrons. The van der Waals surface area contributed by atoms with Crippen LogP contribution in [0.2, 0.25) is 0 Å². The molecule has 1 aromatic rings. The van der Waals surface area contributed by atoms with Crippen LogP contribution in [0.3, 0.4) is 0 Å². The number of hydrogen-bond donors (Lipinski definition) is 2. The molecule has 1 atom stereocenters. The Bertz CT molecular complexity index is 392. The molecule has 3 N–H and O–H groups in total. The Balaban J connectivity index is 2.34. The third-order valence-corrected chi connectivity index (χ3v) is 2.97. The van der Waals surface area contributed by atoms with Crippen molar-refractivity contribution in [3.63, 3.8) is 0 Å². The minimum atomic E-state index is -0.251. The number of nitrogens with zero attached hydrogens (tertiary/aromatic N) is 1. The Labute approximate surface area is 95.4 Å². The fourth-order valence-electron chi connectivity index (χ4n) is 2.20. The summed E-state index contributed by atoms with van der Waals surface area (Å²) in [7, 11) is 0. The van der Waals surface area contributed by atoms with E-state index in [-0.39, 0.29) is 11.9 Å². The highest BCUT2D eigenvalue weighted by molar-refractivity contribution is 5.86. The number of carbonyl (C=O) groups is 1. The van der Waals surface area contributed by atoms with Gasteiger partial charge in [-0.2, -0.15) is 0 Å². The van der Waals surface area contributed by atoms with Gasteiger partial charge in [-0.25, -0.2) is 0 Å². The summed E-state index contributed by atoms with van der Waals surface area (Å²) in [5, 5.41) is 3.32. The molecule has 0 bridgehead atoms. The first kappa shape index (κ1) is 10.8. The monoisotopic (exact) mass is 219 g/mol. The molecular formula is C12H17N3O. The maximum Gasteiger partial charge on any atom is 0.240 e. The molecule has 0 fully saturated rings. The van der Waals surface area contributed by atoms with Gasteiger partial charge in [0.1, 0.15) is 6.04 Å². The zero-order chi connectivity index (χ0) is 11.5. The van der Waals surface area contributed by atoms with Crippen LogP contribution in [0.1, 0.15) is 13.3 Å². The van der Waals surface area contributed by atoms with Crippen molar-refractivity contribution in [2.45, 2.75) is 19.4 Å². The molecular weight excluding hydrogens is 202 g/mol. The second-order valence-electron chi connectivity index (χ2n) is 3.96. The Kier molecular flexibility index (Phi) is 2.99. The fourth-order valence-corrected chi connectivity index (χ4v) is 2.20. The molecule has 16 heavy (non-hydrogen) atoms. The third kappa shape index (κ3) is 1.83. The van der Waals surface area contributed by atoms with Crippen LogP contribution in [-0.4, -0.2) is 25.0 Å². The number of nitrogens with two attached hydrogens (primary N) is 1. The summed E-state index contributed by atoms with van der Waals surface area (Å²) in [5.74, 6) is -0.251. The fraction of sp³-hybridized carbons (Fsp3) is 0.417. The van der Waals surface area contributed by atoms with Crippen molar-refractivity contribution in [1.29, 1.82) is 0 Å². The first-order valence-corrected chi connectivity index (χ1v) is 5.63. The number of nitrogens with one attached hydrogen (secondary N) is 1. The average Bonchev–Trinajstić information content (AvgIpc) is 2.30. The number of hydrogen-bond acceptors (Lipinski definition) is 3. The van der Waals surface area contributed by atoms with Gasteiger partial charge in [-0.05, 0) is 18.6 Å². The zero-order valence-electron chi connectivity index (χ0n) is 9.44. The Morgan fingerprint density at radius 3 is 3.00 bits per heavy atom. The first-order chi connectivity index (χ1) is 7.74. The minimum absolute atomic E-state index is 0.205. The highest BCUT2D eigenvalue weighted by Crippen LogP contribution is 2.30. The Morgan fingerprint density at radius 1 is 1.56 bits per heavy atom. The second kappa shape index (κ2) is 4.43. The highest BCUT2D eigenvalue weighted by atomic mass is 16.1. The molecule has 1 aliphatic rings. The zero-order valence-corrected chi connectivity index (χ0v) is 9.44. The molecule has 0 saturated carbocycles. The summed E-state index contributed by atoms with van der Waals surface area (Å²) in [4.78, 5) is 13.5. The van der Waals surface area contributed by atoms with Gasteiger partial charge in [-0.1, -0.05) is 19.1 Å². The predicted molar refractivity (Wildman–Crippen MR) is 65.6 cm³/mol. The van der Waals surface area contributed by atoms with E-state index in [1.807, 2.05) is 31.2 Å². The van der Waals surface area contributed by atoms with Gasteiger partial charge < -0.3 is 16.0 Å². The van der Waals surface area contributed by atoms with Crippen molar-refractivity contribution in [2.75, 3.05) is 23.3 Å². The van der Waals surface area contributed by atoms with Crippen LogP contribution in [0, 0.1) is 0 Å². The van der Waals surface area contributed by atoms with Gasteiger partial charge in [0.15, 0.2) is 0 Å². The molecule has 0 spiro atoms. The van der Waals surface area contributed by atoms with E-state index in [0.717, 1.165) is 30.9 Å². The lowest BCUT2D eigenvalue weighted by Crippen LogP contribution is -2.48. The summed E-state index contributed by atoms with van der Waals surface area (Å²) in [6, 6.07) is 7.80. The largest absolute Gasteiger partial charge is 0.382 e. The van der Waals surface area contributed by atoms with E-state index in [1.54, 1.807) is 0 Å². The SMILES string of the molecule is CCC(C(N)=O)N1CCNc2ccccc21. The van der Waals surface area contributed by atoms with E-state index >= 15 is 0 Å². The lowest BCUT2D eigenvalue weighted by atomic mass is 10.1. The number of anilines is 2. The second-order valence-corrected chi connectivity index (χ2v) is 3.96. The van der Waals surface area contributed by atoms with Crippen LogP contribution in [0.4, 0.5) is 11.4 Å². The van der Waals surface area contributed by atoms with E-state index in [2.05, 4.69) is 10.2 Å². The summed E-state index contributed by atoms with van der Waals surface area (Å²) < 4.78 is 0. The predicted octanol–water partition coefficient (Wildman–Crippen LogP) is 1.18. The van der Waals surface area contributed by atoms with E-state index in [4.69, 9.17) is 5.73 Å². The van der Waals surface area contributed by atoms with Crippen LogP contribution in [0.5, 0.6) is 0 Å². The Hall–Kier alpha value is -1.71. The van der Waals surface area contributed by atoms with Crippen molar-refractivity contribution in [3.05, 3.63) is 24.3 Å². The van der Waals surface area contributed by atoms with Crippen molar-refractivity contribution < 1.29 is 4.79 Å². The number of primary amides is 1. The summed E-state index contributed by atoms with van der Waals surface area (Å²) in [5.41, 5.74) is 7.58. The van der Waals surface area contributed by atoms with Crippen LogP contribution >= 0.6 is 0 Å². The molecule has 4 nitrogen and oxygen atoms in total. The molecule has 4 heteroatoms. The molecule has 1 heterocycles. The lowest BCUT2D eigenvalue weighted by molar-refractivity contribution is -0.119. The number of amides is 1. The van der Waals surface area contributed by atoms with Gasteiger partial charge in [0.05, 0.1) is 11.4 Å². The molecule has 0 aliphatic carbocycles. The third-order valence-electron chi connectivity index (χ3n) is 2.97. The van der Waals surface area contributed by atoms with Crippen LogP contribution < -0.4 is 16.0 Å². The first-order valence-electron chi connectivity index (χ1n) is 5.63. The number of carbonyl (C=O) groups excluding carboxylic acids is 1. The van der Waals surface area contributed by atoms with Gasteiger partial charge in [0, 0.05) is 13.1 Å². The molecule has 1 unspecified atom stereocenters. The van der Waals surface area contributed by atoms with E-state index in [9.17, 15) is 4.79 Å². The molecule has 0 radical (unpaired) electrons. The molecule has 1 aromatic carbocycles. The number of para-hydroxylation sites is 2. The molecule has 1 aliphatic heterocycles. The van der Waals surface area contributed by atoms with Crippen molar-refractivity contribution in [3.8, 4) is 0 Å². The number of fused-ring (bicyclic) bond motifs is 1. The number of benzene rings is 1. The smallest absolute Gasteiger partial charge is 0.240 e. The highest BCUT2D eigenvalue weighted by Gasteiger charge is 2.26. The molecule has 2 rings (SSSR count). The maximum atomic E-state index is 11.4. The lowest BCUT2D eigenvalue weighted by Gasteiger charge is -2.36. The number of rotatable bonds is 3. The summed E-state index contributed by atoms with van der Waals surface area (Å²) in [6.45, 7) is 3.65. The molecule has 0 saturated heterocycles. The van der Waals surface area contributed by atoms with Crippen molar-refractivity contribution >= 4 is 17.3 Å². The van der Waals surface area contributed by atoms with Crippen LogP contribution in [-0.2, 0) is 4.79 Å².